The van der Waals surface area contributed by atoms with Crippen LogP contribution in [0.4, 0.5) is 14.6 Å². The molecule has 0 saturated heterocycles. The van der Waals surface area contributed by atoms with E-state index >= 15 is 0 Å². The first-order valence-corrected chi connectivity index (χ1v) is 8.54. The van der Waals surface area contributed by atoms with Gasteiger partial charge in [0.25, 0.3) is 0 Å². The van der Waals surface area contributed by atoms with Gasteiger partial charge in [0.05, 0.1) is 23.5 Å². The quantitative estimate of drug-likeness (QED) is 0.546. The number of nitrogens with one attached hydrogen (secondary N) is 2. The second kappa shape index (κ2) is 6.75. The monoisotopic (exact) mass is 365 g/mol. The lowest BCUT2D eigenvalue weighted by Crippen LogP contribution is -2.11. The van der Waals surface area contributed by atoms with Crippen molar-refractivity contribution in [3.05, 3.63) is 60.4 Å². The molecule has 2 aromatic heterocycles. The number of benzene rings is 2. The van der Waals surface area contributed by atoms with Gasteiger partial charge in [0.1, 0.15) is 28.8 Å². The van der Waals surface area contributed by atoms with Gasteiger partial charge in [-0.3, -0.25) is 10.1 Å². The summed E-state index contributed by atoms with van der Waals surface area (Å²) in [6, 6.07) is 9.15. The van der Waals surface area contributed by atoms with E-state index in [4.69, 9.17) is 0 Å². The Morgan fingerprint density at radius 1 is 1.04 bits per heavy atom. The Kier molecular flexibility index (Phi) is 4.27. The predicted octanol–water partition coefficient (Wildman–Crippen LogP) is 4.79. The fourth-order valence-electron chi connectivity index (χ4n) is 2.98. The van der Waals surface area contributed by atoms with E-state index in [9.17, 15) is 8.78 Å². The van der Waals surface area contributed by atoms with Gasteiger partial charge in [-0.15, -0.1) is 0 Å². The van der Waals surface area contributed by atoms with E-state index in [2.05, 4.69) is 25.5 Å². The molecule has 0 bridgehead atoms. The smallest absolute Gasteiger partial charge is 0.145 e. The molecular weight excluding hydrogens is 348 g/mol. The summed E-state index contributed by atoms with van der Waals surface area (Å²) in [6.45, 7) is 4.01. The lowest BCUT2D eigenvalue weighted by atomic mass is 10.0. The lowest BCUT2D eigenvalue weighted by Gasteiger charge is -2.09. The summed E-state index contributed by atoms with van der Waals surface area (Å²) in [5, 5.41) is 11.2. The minimum Gasteiger partial charge on any atom is -0.367 e. The van der Waals surface area contributed by atoms with Crippen LogP contribution in [-0.4, -0.2) is 26.2 Å². The zero-order valence-electron chi connectivity index (χ0n) is 14.8. The summed E-state index contributed by atoms with van der Waals surface area (Å²) < 4.78 is 28.3. The predicted molar refractivity (Wildman–Crippen MR) is 101 cm³/mol. The number of anilines is 1. The summed E-state index contributed by atoms with van der Waals surface area (Å²) in [6.07, 6.45) is 3.25. The molecule has 4 aromatic rings. The highest BCUT2D eigenvalue weighted by Gasteiger charge is 2.15. The fraction of sp³-hybridized carbons (Fsp3) is 0.150. The van der Waals surface area contributed by atoms with Crippen molar-refractivity contribution in [1.82, 2.24) is 20.2 Å². The van der Waals surface area contributed by atoms with Crippen molar-refractivity contribution >= 4 is 16.7 Å². The topological polar surface area (TPSA) is 66.5 Å². The lowest BCUT2D eigenvalue weighted by molar-refractivity contribution is 0.589. The molecule has 27 heavy (non-hydrogen) atoms. The largest absolute Gasteiger partial charge is 0.367 e. The third-order valence-electron chi connectivity index (χ3n) is 4.13. The molecule has 2 heterocycles. The van der Waals surface area contributed by atoms with Crippen molar-refractivity contribution in [2.45, 2.75) is 19.9 Å². The molecular formula is C20H17F2N5. The molecule has 0 atom stereocenters. The minimum absolute atomic E-state index is 0.0622. The van der Waals surface area contributed by atoms with E-state index in [0.29, 0.717) is 28.2 Å². The molecule has 0 aliphatic heterocycles. The van der Waals surface area contributed by atoms with Crippen molar-refractivity contribution in [3.63, 3.8) is 0 Å². The van der Waals surface area contributed by atoms with Gasteiger partial charge in [-0.25, -0.2) is 13.8 Å². The highest BCUT2D eigenvalue weighted by molar-refractivity contribution is 5.95. The van der Waals surface area contributed by atoms with Gasteiger partial charge >= 0.3 is 0 Å². The van der Waals surface area contributed by atoms with E-state index in [1.807, 2.05) is 13.8 Å². The van der Waals surface area contributed by atoms with Crippen LogP contribution in [0.3, 0.4) is 0 Å². The Balaban J connectivity index is 1.84. The van der Waals surface area contributed by atoms with Gasteiger partial charge in [0, 0.05) is 11.4 Å². The Morgan fingerprint density at radius 2 is 1.81 bits per heavy atom. The van der Waals surface area contributed by atoms with Gasteiger partial charge < -0.3 is 5.32 Å². The van der Waals surface area contributed by atoms with E-state index < -0.39 is 11.6 Å². The number of nitrogens with zero attached hydrogens (tertiary/aromatic N) is 3. The van der Waals surface area contributed by atoms with Gasteiger partial charge in [0.15, 0.2) is 0 Å². The molecule has 136 valence electrons. The summed E-state index contributed by atoms with van der Waals surface area (Å²) in [5.41, 5.74) is 2.26. The van der Waals surface area contributed by atoms with Crippen LogP contribution in [0.1, 0.15) is 13.8 Å². The Hall–Kier alpha value is -3.35. The van der Waals surface area contributed by atoms with Gasteiger partial charge in [-0.1, -0.05) is 12.1 Å². The first kappa shape index (κ1) is 17.1. The zero-order chi connectivity index (χ0) is 19.0. The van der Waals surface area contributed by atoms with Gasteiger partial charge in [-0.2, -0.15) is 5.10 Å². The fourth-order valence-corrected chi connectivity index (χ4v) is 2.98. The standard InChI is InChI=1S/C20H17F2N5/c1-11(2)24-18-10-23-9-17(25-18)20-13-8-12(6-7-16(13)26-27-20)19-14(21)4-3-5-15(19)22/h3-11H,1-2H3,(H,24,25)(H,26,27). The van der Waals surface area contributed by atoms with Gasteiger partial charge in [-0.05, 0) is 43.7 Å². The molecule has 4 rings (SSSR count). The number of aromatic amines is 1. The van der Waals surface area contributed by atoms with Crippen molar-refractivity contribution in [2.24, 2.45) is 0 Å². The molecule has 0 fully saturated rings. The molecule has 2 N–H and O–H groups in total. The van der Waals surface area contributed by atoms with Crippen LogP contribution < -0.4 is 5.32 Å². The maximum atomic E-state index is 14.2. The summed E-state index contributed by atoms with van der Waals surface area (Å²) in [7, 11) is 0. The molecule has 0 aliphatic rings. The van der Waals surface area contributed by atoms with Crippen LogP contribution >= 0.6 is 0 Å². The van der Waals surface area contributed by atoms with Crippen LogP contribution in [0.5, 0.6) is 0 Å². The highest BCUT2D eigenvalue weighted by Crippen LogP contribution is 2.32. The maximum absolute atomic E-state index is 14.2. The molecule has 0 saturated carbocycles. The Labute approximate surface area is 154 Å². The average Bonchev–Trinajstić information content (AvgIpc) is 3.04. The molecule has 0 radical (unpaired) electrons. The zero-order valence-corrected chi connectivity index (χ0v) is 14.8. The van der Waals surface area contributed by atoms with Crippen LogP contribution in [0.2, 0.25) is 0 Å². The van der Waals surface area contributed by atoms with Crippen molar-refractivity contribution in [1.29, 1.82) is 0 Å². The van der Waals surface area contributed by atoms with Crippen molar-refractivity contribution in [3.8, 4) is 22.5 Å². The second-order valence-electron chi connectivity index (χ2n) is 6.52. The molecule has 0 unspecified atom stereocenters. The van der Waals surface area contributed by atoms with Crippen LogP contribution in [0, 0.1) is 11.6 Å². The first-order chi connectivity index (χ1) is 13.0. The third kappa shape index (κ3) is 3.23. The normalized spacial score (nSPS) is 11.3. The number of fused-ring (bicyclic) bond motifs is 1. The number of hydrogen-bond acceptors (Lipinski definition) is 4. The number of hydrogen-bond donors (Lipinski definition) is 2. The van der Waals surface area contributed by atoms with Gasteiger partial charge in [0.2, 0.25) is 0 Å². The van der Waals surface area contributed by atoms with Crippen LogP contribution in [0.25, 0.3) is 33.4 Å². The molecule has 0 amide bonds. The number of H-pyrrole nitrogens is 1. The van der Waals surface area contributed by atoms with Crippen molar-refractivity contribution < 1.29 is 8.78 Å². The van der Waals surface area contributed by atoms with Crippen LogP contribution in [0.15, 0.2) is 48.8 Å². The summed E-state index contributed by atoms with van der Waals surface area (Å²) >= 11 is 0. The van der Waals surface area contributed by atoms with E-state index in [1.54, 1.807) is 30.6 Å². The second-order valence-corrected chi connectivity index (χ2v) is 6.52. The Morgan fingerprint density at radius 3 is 2.56 bits per heavy atom. The third-order valence-corrected chi connectivity index (χ3v) is 4.13. The molecule has 5 nitrogen and oxygen atoms in total. The summed E-state index contributed by atoms with van der Waals surface area (Å²) in [5.74, 6) is -0.584. The van der Waals surface area contributed by atoms with Crippen molar-refractivity contribution in [2.75, 3.05) is 5.32 Å². The number of halogens is 2. The number of rotatable bonds is 4. The highest BCUT2D eigenvalue weighted by atomic mass is 19.1. The van der Waals surface area contributed by atoms with E-state index in [-0.39, 0.29) is 11.6 Å². The maximum Gasteiger partial charge on any atom is 0.145 e. The van der Waals surface area contributed by atoms with E-state index in [0.717, 1.165) is 5.52 Å². The minimum atomic E-state index is -0.609. The Bertz CT molecular complexity index is 1100. The van der Waals surface area contributed by atoms with Crippen LogP contribution in [-0.2, 0) is 0 Å². The molecule has 2 aromatic carbocycles. The average molecular weight is 365 g/mol. The molecule has 0 aliphatic carbocycles. The summed E-state index contributed by atoms with van der Waals surface area (Å²) in [4.78, 5) is 8.75. The van der Waals surface area contributed by atoms with E-state index in [1.165, 1.54) is 18.2 Å². The SMILES string of the molecule is CC(C)Nc1cncc(-c2n[nH]c3ccc(-c4c(F)cccc4F)cc23)n1. The number of aromatic nitrogens is 4. The first-order valence-electron chi connectivity index (χ1n) is 8.54. The molecule has 0 spiro atoms. The molecule has 7 heteroatoms.